The zero-order valence-electron chi connectivity index (χ0n) is 18.3. The number of carbonyl (C=O) groups is 1. The Morgan fingerprint density at radius 2 is 1.53 bits per heavy atom. The van der Waals surface area contributed by atoms with Gasteiger partial charge in [0, 0.05) is 32.4 Å². The summed E-state index contributed by atoms with van der Waals surface area (Å²) in [5.41, 5.74) is 0.442. The third kappa shape index (κ3) is 6.80. The molecule has 0 bridgehead atoms. The van der Waals surface area contributed by atoms with Crippen molar-refractivity contribution in [3.8, 4) is 0 Å². The van der Waals surface area contributed by atoms with Crippen LogP contribution in [0.2, 0.25) is 0 Å². The first kappa shape index (κ1) is 22.7. The molecule has 168 valence electrons. The van der Waals surface area contributed by atoms with Crippen LogP contribution in [-0.2, 0) is 14.2 Å². The van der Waals surface area contributed by atoms with Crippen molar-refractivity contribution in [3.05, 3.63) is 11.8 Å². The molecule has 0 spiro atoms. The Morgan fingerprint density at radius 3 is 2.20 bits per heavy atom. The fourth-order valence-corrected chi connectivity index (χ4v) is 3.74. The molecule has 0 N–H and O–H groups in total. The number of rotatable bonds is 11. The van der Waals surface area contributed by atoms with Gasteiger partial charge in [-0.15, -0.1) is 0 Å². The van der Waals surface area contributed by atoms with Gasteiger partial charge in [0.25, 0.3) is 0 Å². The van der Waals surface area contributed by atoms with E-state index in [-0.39, 0.29) is 5.97 Å². The number of hydrogen-bond donors (Lipinski definition) is 0. The van der Waals surface area contributed by atoms with Crippen molar-refractivity contribution in [1.82, 2.24) is 9.97 Å². The molecule has 2 fully saturated rings. The molecular formula is C22H36N4O4. The molecule has 0 amide bonds. The van der Waals surface area contributed by atoms with Gasteiger partial charge in [-0.2, -0.15) is 4.98 Å². The van der Waals surface area contributed by atoms with E-state index in [9.17, 15) is 4.79 Å². The molecule has 30 heavy (non-hydrogen) atoms. The molecule has 2 aliphatic heterocycles. The Balaban J connectivity index is 1.58. The highest BCUT2D eigenvalue weighted by atomic mass is 16.5. The molecule has 8 nitrogen and oxygen atoms in total. The lowest BCUT2D eigenvalue weighted by atomic mass is 10.1. The maximum absolute atomic E-state index is 12.8. The van der Waals surface area contributed by atoms with Crippen LogP contribution in [0.3, 0.4) is 0 Å². The first-order valence-corrected chi connectivity index (χ1v) is 11.5. The van der Waals surface area contributed by atoms with Crippen molar-refractivity contribution in [1.29, 1.82) is 0 Å². The van der Waals surface area contributed by atoms with Crippen molar-refractivity contribution in [2.75, 3.05) is 69.0 Å². The second kappa shape index (κ2) is 12.7. The summed E-state index contributed by atoms with van der Waals surface area (Å²) in [4.78, 5) is 26.2. The van der Waals surface area contributed by atoms with Crippen LogP contribution in [0.25, 0.3) is 0 Å². The van der Waals surface area contributed by atoms with E-state index >= 15 is 0 Å². The summed E-state index contributed by atoms with van der Waals surface area (Å²) in [5, 5.41) is 0. The fraction of sp³-hybridized carbons (Fsp3) is 0.773. The van der Waals surface area contributed by atoms with Gasteiger partial charge in [-0.3, -0.25) is 0 Å². The van der Waals surface area contributed by atoms with Gasteiger partial charge in [0.15, 0.2) is 0 Å². The van der Waals surface area contributed by atoms with Gasteiger partial charge in [-0.1, -0.05) is 45.4 Å². The molecule has 2 aliphatic rings. The number of esters is 1. The number of morpholine rings is 2. The van der Waals surface area contributed by atoms with E-state index in [1.165, 1.54) is 32.1 Å². The Hall–Kier alpha value is -1.93. The highest BCUT2D eigenvalue weighted by molar-refractivity contribution is 5.94. The molecular weight excluding hydrogens is 384 g/mol. The second-order valence-corrected chi connectivity index (χ2v) is 7.86. The van der Waals surface area contributed by atoms with Crippen molar-refractivity contribution in [2.45, 2.75) is 51.9 Å². The number of unbranched alkanes of at least 4 members (excludes halogenated alkanes) is 6. The predicted octanol–water partition coefficient (Wildman–Crippen LogP) is 3.06. The van der Waals surface area contributed by atoms with Crippen molar-refractivity contribution in [3.63, 3.8) is 0 Å². The molecule has 2 saturated heterocycles. The van der Waals surface area contributed by atoms with Gasteiger partial charge in [-0.25, -0.2) is 9.78 Å². The average molecular weight is 421 g/mol. The number of anilines is 2. The Labute approximate surface area is 179 Å². The molecule has 0 aliphatic carbocycles. The van der Waals surface area contributed by atoms with Crippen LogP contribution in [0.4, 0.5) is 11.8 Å². The standard InChI is InChI=1S/C22H36N4O4/c1-2-3-4-5-6-7-8-13-30-21(27)19-18-23-22(26-11-16-29-17-12-26)24-20(19)25-9-14-28-15-10-25/h18H,2-17H2,1H3. The topological polar surface area (TPSA) is 77.0 Å². The summed E-state index contributed by atoms with van der Waals surface area (Å²) in [6.07, 6.45) is 9.95. The zero-order valence-corrected chi connectivity index (χ0v) is 18.3. The molecule has 3 heterocycles. The van der Waals surface area contributed by atoms with E-state index < -0.39 is 0 Å². The molecule has 8 heteroatoms. The summed E-state index contributed by atoms with van der Waals surface area (Å²) >= 11 is 0. The highest BCUT2D eigenvalue weighted by Crippen LogP contribution is 2.23. The lowest BCUT2D eigenvalue weighted by Crippen LogP contribution is -2.40. The fourth-order valence-electron chi connectivity index (χ4n) is 3.74. The lowest BCUT2D eigenvalue weighted by molar-refractivity contribution is 0.0496. The number of aromatic nitrogens is 2. The van der Waals surface area contributed by atoms with Crippen molar-refractivity contribution in [2.24, 2.45) is 0 Å². The summed E-state index contributed by atoms with van der Waals surface area (Å²) in [6, 6.07) is 0. The smallest absolute Gasteiger partial charge is 0.343 e. The van der Waals surface area contributed by atoms with Crippen LogP contribution >= 0.6 is 0 Å². The number of ether oxygens (including phenoxy) is 3. The summed E-state index contributed by atoms with van der Waals surface area (Å²) < 4.78 is 16.5. The van der Waals surface area contributed by atoms with Gasteiger partial charge in [0.1, 0.15) is 11.4 Å². The van der Waals surface area contributed by atoms with E-state index in [0.29, 0.717) is 63.5 Å². The van der Waals surface area contributed by atoms with E-state index in [4.69, 9.17) is 19.2 Å². The number of hydrogen-bond acceptors (Lipinski definition) is 8. The maximum atomic E-state index is 12.8. The molecule has 1 aromatic heterocycles. The SMILES string of the molecule is CCCCCCCCCOC(=O)c1cnc(N2CCOCC2)nc1N1CCOCC1. The van der Waals surface area contributed by atoms with E-state index in [2.05, 4.69) is 21.7 Å². The monoisotopic (exact) mass is 420 g/mol. The normalized spacial score (nSPS) is 17.2. The molecule has 3 rings (SSSR count). The summed E-state index contributed by atoms with van der Waals surface area (Å²) in [7, 11) is 0. The van der Waals surface area contributed by atoms with Crippen LogP contribution in [0.15, 0.2) is 6.20 Å². The first-order chi connectivity index (χ1) is 14.8. The minimum Gasteiger partial charge on any atom is -0.462 e. The lowest BCUT2D eigenvalue weighted by Gasteiger charge is -2.31. The summed E-state index contributed by atoms with van der Waals surface area (Å²) in [5.74, 6) is 0.957. The van der Waals surface area contributed by atoms with Gasteiger partial charge in [0.05, 0.1) is 33.0 Å². The van der Waals surface area contributed by atoms with E-state index in [1.807, 2.05) is 0 Å². The van der Waals surface area contributed by atoms with Crippen LogP contribution in [0.5, 0.6) is 0 Å². The van der Waals surface area contributed by atoms with Gasteiger partial charge < -0.3 is 24.0 Å². The Morgan fingerprint density at radius 1 is 0.933 bits per heavy atom. The quantitative estimate of drug-likeness (QED) is 0.399. The van der Waals surface area contributed by atoms with Gasteiger partial charge >= 0.3 is 5.97 Å². The third-order valence-electron chi connectivity index (χ3n) is 5.56. The maximum Gasteiger partial charge on any atom is 0.343 e. The number of carbonyl (C=O) groups excluding carboxylic acids is 1. The van der Waals surface area contributed by atoms with Crippen LogP contribution in [0, 0.1) is 0 Å². The Bertz CT molecular complexity index is 646. The molecule has 1 aromatic rings. The van der Waals surface area contributed by atoms with Crippen molar-refractivity contribution < 1.29 is 19.0 Å². The van der Waals surface area contributed by atoms with Gasteiger partial charge in [-0.05, 0) is 6.42 Å². The van der Waals surface area contributed by atoms with E-state index in [0.717, 1.165) is 25.9 Å². The summed E-state index contributed by atoms with van der Waals surface area (Å²) in [6.45, 7) is 8.18. The minimum atomic E-state index is -0.337. The van der Waals surface area contributed by atoms with Gasteiger partial charge in [0.2, 0.25) is 5.95 Å². The van der Waals surface area contributed by atoms with E-state index in [1.54, 1.807) is 6.20 Å². The highest BCUT2D eigenvalue weighted by Gasteiger charge is 2.24. The largest absolute Gasteiger partial charge is 0.462 e. The van der Waals surface area contributed by atoms with Crippen LogP contribution in [0.1, 0.15) is 62.2 Å². The number of nitrogens with zero attached hydrogens (tertiary/aromatic N) is 4. The average Bonchev–Trinajstić information content (AvgIpc) is 2.81. The molecule has 0 saturated carbocycles. The molecule has 0 radical (unpaired) electrons. The van der Waals surface area contributed by atoms with Crippen molar-refractivity contribution >= 4 is 17.7 Å². The van der Waals surface area contributed by atoms with Crippen LogP contribution in [-0.4, -0.2) is 75.2 Å². The van der Waals surface area contributed by atoms with Crippen LogP contribution < -0.4 is 9.80 Å². The zero-order chi connectivity index (χ0) is 21.0. The third-order valence-corrected chi connectivity index (χ3v) is 5.56. The molecule has 0 unspecified atom stereocenters. The molecule has 0 atom stereocenters. The predicted molar refractivity (Wildman–Crippen MR) is 116 cm³/mol. The first-order valence-electron chi connectivity index (χ1n) is 11.5. The molecule has 0 aromatic carbocycles. The minimum absolute atomic E-state index is 0.337. The Kier molecular flexibility index (Phi) is 9.63. The second-order valence-electron chi connectivity index (χ2n) is 7.86.